The van der Waals surface area contributed by atoms with Crippen molar-refractivity contribution in [3.8, 4) is 5.75 Å². The van der Waals surface area contributed by atoms with Crippen molar-refractivity contribution in [2.24, 2.45) is 4.99 Å². The molecule has 3 aromatic rings. The van der Waals surface area contributed by atoms with Crippen LogP contribution in [-0.4, -0.2) is 25.1 Å². The summed E-state index contributed by atoms with van der Waals surface area (Å²) in [7, 11) is 3.43. The summed E-state index contributed by atoms with van der Waals surface area (Å²) in [6.45, 7) is 1.30. The van der Waals surface area contributed by atoms with Crippen LogP contribution in [0.1, 0.15) is 11.3 Å². The monoisotopic (exact) mass is 334 g/mol. The summed E-state index contributed by atoms with van der Waals surface area (Å²) in [6.07, 6.45) is 1.84. The lowest BCUT2D eigenvalue weighted by Gasteiger charge is -2.13. The average molecular weight is 334 g/mol. The standard InChI is InChI=1S/C20H22N4O/c1-21-20(23-13-15-7-9-17(25-2)10-8-15)24-14-19-18-6-4-3-5-16(18)11-12-22-19/h3-12H,13-14H2,1-2H3,(H2,21,23,24). The molecular weight excluding hydrogens is 312 g/mol. The smallest absolute Gasteiger partial charge is 0.191 e. The van der Waals surface area contributed by atoms with E-state index in [2.05, 4.69) is 32.7 Å². The lowest BCUT2D eigenvalue weighted by Crippen LogP contribution is -2.36. The van der Waals surface area contributed by atoms with Crippen molar-refractivity contribution in [2.45, 2.75) is 13.1 Å². The molecule has 0 saturated heterocycles. The van der Waals surface area contributed by atoms with E-state index in [4.69, 9.17) is 4.74 Å². The second-order valence-corrected chi connectivity index (χ2v) is 5.61. The number of benzene rings is 2. The van der Waals surface area contributed by atoms with Crippen LogP contribution >= 0.6 is 0 Å². The number of ether oxygens (including phenoxy) is 1. The van der Waals surface area contributed by atoms with E-state index in [-0.39, 0.29) is 0 Å². The number of guanidine groups is 1. The molecule has 1 heterocycles. The molecule has 0 spiro atoms. The largest absolute Gasteiger partial charge is 0.497 e. The molecule has 25 heavy (non-hydrogen) atoms. The van der Waals surface area contributed by atoms with Crippen molar-refractivity contribution in [3.63, 3.8) is 0 Å². The summed E-state index contributed by atoms with van der Waals surface area (Å²) in [5.74, 6) is 1.60. The van der Waals surface area contributed by atoms with Gasteiger partial charge in [0.05, 0.1) is 19.3 Å². The van der Waals surface area contributed by atoms with Gasteiger partial charge in [-0.1, -0.05) is 36.4 Å². The molecule has 128 valence electrons. The SMILES string of the molecule is CN=C(NCc1ccc(OC)cc1)NCc1nccc2ccccc12. The highest BCUT2D eigenvalue weighted by molar-refractivity contribution is 5.85. The van der Waals surface area contributed by atoms with Gasteiger partial charge in [-0.25, -0.2) is 0 Å². The minimum absolute atomic E-state index is 0.615. The molecule has 3 rings (SSSR count). The summed E-state index contributed by atoms with van der Waals surface area (Å²) in [6, 6.07) is 18.2. The topological polar surface area (TPSA) is 58.5 Å². The number of fused-ring (bicyclic) bond motifs is 1. The molecule has 5 heteroatoms. The molecule has 1 aromatic heterocycles. The number of rotatable bonds is 5. The minimum atomic E-state index is 0.615. The van der Waals surface area contributed by atoms with Crippen LogP contribution in [0.3, 0.4) is 0 Å². The zero-order valence-corrected chi connectivity index (χ0v) is 14.5. The lowest BCUT2D eigenvalue weighted by molar-refractivity contribution is 0.414. The highest BCUT2D eigenvalue weighted by Gasteiger charge is 2.04. The number of pyridine rings is 1. The fourth-order valence-electron chi connectivity index (χ4n) is 2.64. The molecule has 0 aliphatic heterocycles. The summed E-state index contributed by atoms with van der Waals surface area (Å²) in [5, 5.41) is 8.98. The highest BCUT2D eigenvalue weighted by Crippen LogP contribution is 2.16. The van der Waals surface area contributed by atoms with Crippen molar-refractivity contribution in [2.75, 3.05) is 14.2 Å². The van der Waals surface area contributed by atoms with Crippen molar-refractivity contribution in [1.82, 2.24) is 15.6 Å². The Bertz CT molecular complexity index is 854. The van der Waals surface area contributed by atoms with Crippen molar-refractivity contribution in [1.29, 1.82) is 0 Å². The Morgan fingerprint density at radius 2 is 1.76 bits per heavy atom. The van der Waals surface area contributed by atoms with Gasteiger partial charge in [-0.15, -0.1) is 0 Å². The van der Waals surface area contributed by atoms with Crippen LogP contribution in [0.5, 0.6) is 5.75 Å². The quantitative estimate of drug-likeness (QED) is 0.556. The second-order valence-electron chi connectivity index (χ2n) is 5.61. The third kappa shape index (κ3) is 4.26. The molecule has 0 aliphatic rings. The van der Waals surface area contributed by atoms with E-state index < -0.39 is 0 Å². The van der Waals surface area contributed by atoms with Gasteiger partial charge in [0.25, 0.3) is 0 Å². The number of nitrogens with zero attached hydrogens (tertiary/aromatic N) is 2. The molecule has 0 fully saturated rings. The summed E-state index contributed by atoms with van der Waals surface area (Å²) in [4.78, 5) is 8.77. The Kier molecular flexibility index (Phi) is 5.46. The first kappa shape index (κ1) is 16.8. The Morgan fingerprint density at radius 3 is 2.52 bits per heavy atom. The van der Waals surface area contributed by atoms with Crippen LogP contribution in [0.4, 0.5) is 0 Å². The number of hydrogen-bond donors (Lipinski definition) is 2. The van der Waals surface area contributed by atoms with Crippen LogP contribution in [0.25, 0.3) is 10.8 Å². The summed E-state index contributed by atoms with van der Waals surface area (Å²) in [5.41, 5.74) is 2.16. The van der Waals surface area contributed by atoms with Gasteiger partial charge in [-0.2, -0.15) is 0 Å². The fourth-order valence-corrected chi connectivity index (χ4v) is 2.64. The Balaban J connectivity index is 1.60. The summed E-state index contributed by atoms with van der Waals surface area (Å²) >= 11 is 0. The van der Waals surface area contributed by atoms with Gasteiger partial charge in [0.15, 0.2) is 5.96 Å². The van der Waals surface area contributed by atoms with Gasteiger partial charge in [-0.3, -0.25) is 9.98 Å². The first-order chi connectivity index (χ1) is 12.3. The molecule has 0 radical (unpaired) electrons. The third-order valence-electron chi connectivity index (χ3n) is 4.02. The maximum Gasteiger partial charge on any atom is 0.191 e. The van der Waals surface area contributed by atoms with Gasteiger partial charge < -0.3 is 15.4 Å². The maximum atomic E-state index is 5.18. The normalized spacial score (nSPS) is 11.4. The van der Waals surface area contributed by atoms with Gasteiger partial charge in [0, 0.05) is 25.2 Å². The van der Waals surface area contributed by atoms with E-state index in [1.165, 1.54) is 5.39 Å². The fraction of sp³-hybridized carbons (Fsp3) is 0.200. The molecule has 0 aliphatic carbocycles. The van der Waals surface area contributed by atoms with E-state index >= 15 is 0 Å². The molecule has 0 amide bonds. The van der Waals surface area contributed by atoms with Crippen LogP contribution in [-0.2, 0) is 13.1 Å². The Hall–Kier alpha value is -3.08. The molecule has 2 aromatic carbocycles. The van der Waals surface area contributed by atoms with Crippen molar-refractivity contribution in [3.05, 3.63) is 72.1 Å². The van der Waals surface area contributed by atoms with Crippen molar-refractivity contribution >= 4 is 16.7 Å². The maximum absolute atomic E-state index is 5.18. The predicted molar refractivity (Wildman–Crippen MR) is 102 cm³/mol. The first-order valence-electron chi connectivity index (χ1n) is 8.20. The Morgan fingerprint density at radius 1 is 1.00 bits per heavy atom. The average Bonchev–Trinajstić information content (AvgIpc) is 2.68. The number of methoxy groups -OCH3 is 1. The van der Waals surface area contributed by atoms with E-state index in [9.17, 15) is 0 Å². The van der Waals surface area contributed by atoms with E-state index in [0.29, 0.717) is 13.1 Å². The molecule has 0 saturated carbocycles. The van der Waals surface area contributed by atoms with Crippen LogP contribution in [0.15, 0.2) is 65.8 Å². The van der Waals surface area contributed by atoms with E-state index in [1.807, 2.05) is 48.7 Å². The molecule has 2 N–H and O–H groups in total. The van der Waals surface area contributed by atoms with Gasteiger partial charge in [0.2, 0.25) is 0 Å². The lowest BCUT2D eigenvalue weighted by atomic mass is 10.1. The summed E-state index contributed by atoms with van der Waals surface area (Å²) < 4.78 is 5.18. The Labute approximate surface area is 147 Å². The number of hydrogen-bond acceptors (Lipinski definition) is 3. The van der Waals surface area contributed by atoms with Crippen LogP contribution in [0, 0.1) is 0 Å². The molecular formula is C20H22N4O. The van der Waals surface area contributed by atoms with E-state index in [1.54, 1.807) is 14.2 Å². The minimum Gasteiger partial charge on any atom is -0.497 e. The zero-order chi connectivity index (χ0) is 17.5. The second kappa shape index (κ2) is 8.15. The van der Waals surface area contributed by atoms with Gasteiger partial charge >= 0.3 is 0 Å². The van der Waals surface area contributed by atoms with Crippen LogP contribution in [0.2, 0.25) is 0 Å². The van der Waals surface area contributed by atoms with Crippen LogP contribution < -0.4 is 15.4 Å². The number of aromatic nitrogens is 1. The van der Waals surface area contributed by atoms with Gasteiger partial charge in [0.1, 0.15) is 5.75 Å². The molecule has 0 unspecified atom stereocenters. The van der Waals surface area contributed by atoms with E-state index in [0.717, 1.165) is 28.4 Å². The predicted octanol–water partition coefficient (Wildman–Crippen LogP) is 3.11. The van der Waals surface area contributed by atoms with Gasteiger partial charge in [-0.05, 0) is 29.1 Å². The molecule has 0 atom stereocenters. The number of aliphatic imine (C=N–C) groups is 1. The molecule has 5 nitrogen and oxygen atoms in total. The zero-order valence-electron chi connectivity index (χ0n) is 14.5. The van der Waals surface area contributed by atoms with Crippen molar-refractivity contribution < 1.29 is 4.74 Å². The first-order valence-corrected chi connectivity index (χ1v) is 8.20. The molecule has 0 bridgehead atoms. The third-order valence-corrected chi connectivity index (χ3v) is 4.02. The number of nitrogens with one attached hydrogen (secondary N) is 2. The highest BCUT2D eigenvalue weighted by atomic mass is 16.5.